The Morgan fingerprint density at radius 3 is 2.48 bits per heavy atom. The van der Waals surface area contributed by atoms with Gasteiger partial charge in [0.05, 0.1) is 6.10 Å². The molecule has 0 aromatic heterocycles. The summed E-state index contributed by atoms with van der Waals surface area (Å²) in [6, 6.07) is 0. The van der Waals surface area contributed by atoms with E-state index in [1.807, 2.05) is 0 Å². The van der Waals surface area contributed by atoms with Crippen molar-refractivity contribution in [2.24, 2.45) is 22.7 Å². The molecule has 1 fully saturated rings. The summed E-state index contributed by atoms with van der Waals surface area (Å²) in [6.07, 6.45) is 9.59. The van der Waals surface area contributed by atoms with Crippen LogP contribution in [0.15, 0.2) is 22.8 Å². The van der Waals surface area contributed by atoms with Crippen LogP contribution in [0.5, 0.6) is 0 Å². The van der Waals surface area contributed by atoms with E-state index in [9.17, 15) is 5.11 Å². The zero-order chi connectivity index (χ0) is 15.4. The van der Waals surface area contributed by atoms with Gasteiger partial charge in [-0.1, -0.05) is 39.3 Å². The third-order valence-corrected chi connectivity index (χ3v) is 7.18. The molecule has 118 valence electrons. The van der Waals surface area contributed by atoms with Gasteiger partial charge in [0, 0.05) is 0 Å². The Balaban J connectivity index is 2.14. The van der Waals surface area contributed by atoms with Gasteiger partial charge in [0.1, 0.15) is 0 Å². The van der Waals surface area contributed by atoms with Gasteiger partial charge in [-0.25, -0.2) is 0 Å². The number of fused-ring (bicyclic) bond motifs is 3. The van der Waals surface area contributed by atoms with Gasteiger partial charge in [0.15, 0.2) is 0 Å². The molecule has 1 N–H and O–H groups in total. The summed E-state index contributed by atoms with van der Waals surface area (Å²) in [7, 11) is 0. The molecule has 3 rings (SSSR count). The Bertz CT molecular complexity index is 496. The molecule has 2 bridgehead atoms. The minimum atomic E-state index is -0.217. The number of aliphatic hydroxyl groups is 1. The van der Waals surface area contributed by atoms with E-state index in [2.05, 4.69) is 40.7 Å². The van der Waals surface area contributed by atoms with Crippen molar-refractivity contribution in [3.8, 4) is 0 Å². The highest BCUT2D eigenvalue weighted by molar-refractivity contribution is 5.40. The average molecular weight is 288 g/mol. The van der Waals surface area contributed by atoms with Crippen molar-refractivity contribution in [3.05, 3.63) is 22.8 Å². The summed E-state index contributed by atoms with van der Waals surface area (Å²) in [6.45, 7) is 12.0. The predicted molar refractivity (Wildman–Crippen MR) is 89.0 cm³/mol. The molecule has 21 heavy (non-hydrogen) atoms. The Kier molecular flexibility index (Phi) is 3.64. The second-order valence-corrected chi connectivity index (χ2v) is 8.76. The second-order valence-electron chi connectivity index (χ2n) is 8.76. The molecule has 4 atom stereocenters. The first-order valence-corrected chi connectivity index (χ1v) is 8.86. The fourth-order valence-corrected chi connectivity index (χ4v) is 5.42. The van der Waals surface area contributed by atoms with Crippen molar-refractivity contribution in [2.75, 3.05) is 0 Å². The molecular weight excluding hydrogens is 256 g/mol. The summed E-state index contributed by atoms with van der Waals surface area (Å²) in [5.41, 5.74) is 4.97. The van der Waals surface area contributed by atoms with Crippen LogP contribution in [-0.2, 0) is 0 Å². The Morgan fingerprint density at radius 2 is 1.76 bits per heavy atom. The number of aliphatic hydroxyl groups excluding tert-OH is 1. The van der Waals surface area contributed by atoms with Gasteiger partial charge in [-0.3, -0.25) is 0 Å². The zero-order valence-electron chi connectivity index (χ0n) is 14.5. The fourth-order valence-electron chi connectivity index (χ4n) is 5.42. The molecule has 3 aliphatic carbocycles. The summed E-state index contributed by atoms with van der Waals surface area (Å²) < 4.78 is 0. The minimum Gasteiger partial charge on any atom is -0.389 e. The van der Waals surface area contributed by atoms with Crippen LogP contribution in [0.2, 0.25) is 0 Å². The normalized spacial score (nSPS) is 45.2. The molecule has 0 aromatic rings. The monoisotopic (exact) mass is 288 g/mol. The zero-order valence-corrected chi connectivity index (χ0v) is 14.5. The largest absolute Gasteiger partial charge is 0.389 e. The van der Waals surface area contributed by atoms with Gasteiger partial charge < -0.3 is 5.11 Å². The highest BCUT2D eigenvalue weighted by atomic mass is 16.3. The number of hydrogen-bond acceptors (Lipinski definition) is 1. The molecule has 0 aliphatic heterocycles. The standard InChI is InChI=1S/C20H32O/c1-13-6-7-15-12-17-14(2)18(21)9-11-20(17,5)10-8-16(13)19(15,3)4/h12-13,16,18,21H,6-11H2,1-5H3/b15-12-/t13-,16+,18?,20-/m1/s1. The van der Waals surface area contributed by atoms with Gasteiger partial charge in [-0.2, -0.15) is 0 Å². The first-order valence-electron chi connectivity index (χ1n) is 8.86. The lowest BCUT2D eigenvalue weighted by molar-refractivity contribution is 0.0958. The van der Waals surface area contributed by atoms with Crippen molar-refractivity contribution in [2.45, 2.75) is 79.2 Å². The lowest BCUT2D eigenvalue weighted by Gasteiger charge is -2.50. The van der Waals surface area contributed by atoms with Crippen LogP contribution in [-0.4, -0.2) is 11.2 Å². The van der Waals surface area contributed by atoms with E-state index in [0.29, 0.717) is 10.8 Å². The Morgan fingerprint density at radius 1 is 1.10 bits per heavy atom. The highest BCUT2D eigenvalue weighted by Gasteiger charge is 2.45. The Labute approximate surface area is 130 Å². The smallest absolute Gasteiger partial charge is 0.0753 e. The molecule has 1 nitrogen and oxygen atoms in total. The summed E-state index contributed by atoms with van der Waals surface area (Å²) in [5.74, 6) is 1.67. The van der Waals surface area contributed by atoms with Crippen molar-refractivity contribution >= 4 is 0 Å². The Hall–Kier alpha value is -0.560. The van der Waals surface area contributed by atoms with E-state index < -0.39 is 0 Å². The van der Waals surface area contributed by atoms with Crippen LogP contribution in [0.25, 0.3) is 0 Å². The molecule has 1 heteroatoms. The molecule has 0 aromatic carbocycles. The summed E-state index contributed by atoms with van der Waals surface area (Å²) >= 11 is 0. The van der Waals surface area contributed by atoms with Crippen LogP contribution in [0, 0.1) is 22.7 Å². The maximum Gasteiger partial charge on any atom is 0.0753 e. The molecular formula is C20H32O. The van der Waals surface area contributed by atoms with Gasteiger partial charge in [0.2, 0.25) is 0 Å². The first-order chi connectivity index (χ1) is 9.75. The van der Waals surface area contributed by atoms with E-state index in [0.717, 1.165) is 24.7 Å². The third kappa shape index (κ3) is 2.32. The van der Waals surface area contributed by atoms with E-state index in [-0.39, 0.29) is 6.10 Å². The quantitative estimate of drug-likeness (QED) is 0.645. The van der Waals surface area contributed by atoms with Crippen molar-refractivity contribution in [1.82, 2.24) is 0 Å². The molecule has 0 amide bonds. The molecule has 3 aliphatic rings. The average Bonchev–Trinajstić information content (AvgIpc) is 2.40. The summed E-state index contributed by atoms with van der Waals surface area (Å²) in [5, 5.41) is 10.3. The van der Waals surface area contributed by atoms with Crippen LogP contribution in [0.3, 0.4) is 0 Å². The maximum atomic E-state index is 10.3. The van der Waals surface area contributed by atoms with Crippen LogP contribution in [0.4, 0.5) is 0 Å². The van der Waals surface area contributed by atoms with Crippen molar-refractivity contribution in [1.29, 1.82) is 0 Å². The third-order valence-electron chi connectivity index (χ3n) is 7.18. The van der Waals surface area contributed by atoms with Crippen LogP contribution >= 0.6 is 0 Å². The van der Waals surface area contributed by atoms with E-state index in [4.69, 9.17) is 0 Å². The molecule has 1 saturated carbocycles. The lowest BCUT2D eigenvalue weighted by Crippen LogP contribution is -2.40. The van der Waals surface area contributed by atoms with Crippen LogP contribution in [0.1, 0.15) is 73.1 Å². The SMILES string of the molecule is CC1=C2/C=C3/CC[C@@H](C)[C@H](CC[C@]2(C)CCC1O)C3(C)C. The van der Waals surface area contributed by atoms with Gasteiger partial charge in [0.25, 0.3) is 0 Å². The number of hydrogen-bond donors (Lipinski definition) is 1. The topological polar surface area (TPSA) is 20.2 Å². The molecule has 0 spiro atoms. The van der Waals surface area contributed by atoms with E-state index >= 15 is 0 Å². The minimum absolute atomic E-state index is 0.217. The molecule has 0 heterocycles. The van der Waals surface area contributed by atoms with Gasteiger partial charge in [-0.05, 0) is 79.3 Å². The first kappa shape index (κ1) is 15.3. The van der Waals surface area contributed by atoms with Crippen molar-refractivity contribution < 1.29 is 5.11 Å². The lowest BCUT2D eigenvalue weighted by atomic mass is 9.55. The van der Waals surface area contributed by atoms with Gasteiger partial charge in [-0.15, -0.1) is 0 Å². The van der Waals surface area contributed by atoms with Crippen LogP contribution < -0.4 is 0 Å². The van der Waals surface area contributed by atoms with Crippen molar-refractivity contribution in [3.63, 3.8) is 0 Å². The molecule has 1 unspecified atom stereocenters. The van der Waals surface area contributed by atoms with E-state index in [1.165, 1.54) is 36.8 Å². The number of allylic oxidation sites excluding steroid dienone is 3. The molecule has 0 saturated heterocycles. The predicted octanol–water partition coefficient (Wildman–Crippen LogP) is 5.26. The van der Waals surface area contributed by atoms with E-state index in [1.54, 1.807) is 5.57 Å². The fraction of sp³-hybridized carbons (Fsp3) is 0.800. The second kappa shape index (κ2) is 4.98. The summed E-state index contributed by atoms with van der Waals surface area (Å²) in [4.78, 5) is 0. The van der Waals surface area contributed by atoms with Gasteiger partial charge >= 0.3 is 0 Å². The highest BCUT2D eigenvalue weighted by Crippen LogP contribution is 2.56. The maximum absolute atomic E-state index is 10.3. The molecule has 0 radical (unpaired) electrons. The number of rotatable bonds is 0.